The van der Waals surface area contributed by atoms with E-state index >= 15 is 0 Å². The van der Waals surface area contributed by atoms with Crippen LogP contribution >= 0.6 is 0 Å². The van der Waals surface area contributed by atoms with E-state index in [0.717, 1.165) is 83.5 Å². The van der Waals surface area contributed by atoms with Crippen LogP contribution in [-0.4, -0.2) is 37.2 Å². The van der Waals surface area contributed by atoms with E-state index < -0.39 is 6.10 Å². The molecule has 0 rings (SSSR count). The van der Waals surface area contributed by atoms with Crippen molar-refractivity contribution in [3.05, 3.63) is 85.1 Å². The Balaban J connectivity index is 4.48. The van der Waals surface area contributed by atoms with E-state index in [1.807, 2.05) is 60.8 Å². The highest BCUT2D eigenvalue weighted by molar-refractivity contribution is 5.71. The van der Waals surface area contributed by atoms with E-state index in [9.17, 15) is 14.4 Å². The van der Waals surface area contributed by atoms with Crippen molar-refractivity contribution in [3.63, 3.8) is 0 Å². The van der Waals surface area contributed by atoms with Crippen LogP contribution in [0, 0.1) is 0 Å². The van der Waals surface area contributed by atoms with Gasteiger partial charge in [0.05, 0.1) is 0 Å². The lowest BCUT2D eigenvalue weighted by atomic mass is 10.1. The zero-order chi connectivity index (χ0) is 41.5. The predicted molar refractivity (Wildman–Crippen MR) is 242 cm³/mol. The molecule has 0 aliphatic rings. The third-order valence-corrected chi connectivity index (χ3v) is 9.55. The lowest BCUT2D eigenvalue weighted by Crippen LogP contribution is -2.30. The van der Waals surface area contributed by atoms with Crippen LogP contribution < -0.4 is 0 Å². The van der Waals surface area contributed by atoms with Gasteiger partial charge in [-0.25, -0.2) is 0 Å². The van der Waals surface area contributed by atoms with E-state index in [1.165, 1.54) is 77.0 Å². The smallest absolute Gasteiger partial charge is 0.306 e. The van der Waals surface area contributed by atoms with E-state index in [1.54, 1.807) is 0 Å². The highest BCUT2D eigenvalue weighted by atomic mass is 16.6. The van der Waals surface area contributed by atoms with Crippen LogP contribution in [0.5, 0.6) is 0 Å². The zero-order valence-corrected chi connectivity index (χ0v) is 36.8. The summed E-state index contributed by atoms with van der Waals surface area (Å²) in [6.45, 7) is 6.38. The van der Waals surface area contributed by atoms with Crippen LogP contribution in [0.15, 0.2) is 85.1 Å². The summed E-state index contributed by atoms with van der Waals surface area (Å²) < 4.78 is 16.7. The van der Waals surface area contributed by atoms with Gasteiger partial charge in [-0.2, -0.15) is 0 Å². The van der Waals surface area contributed by atoms with Crippen molar-refractivity contribution in [2.45, 2.75) is 207 Å². The molecule has 0 amide bonds. The molecule has 6 nitrogen and oxygen atoms in total. The molecule has 0 aliphatic carbocycles. The molecule has 0 saturated carbocycles. The lowest BCUT2D eigenvalue weighted by molar-refractivity contribution is -0.167. The van der Waals surface area contributed by atoms with E-state index in [4.69, 9.17) is 14.2 Å². The Bertz CT molecular complexity index is 1140. The fraction of sp³-hybridized carbons (Fsp3) is 0.667. The van der Waals surface area contributed by atoms with Crippen LogP contribution in [0.4, 0.5) is 0 Å². The Morgan fingerprint density at radius 3 is 1.19 bits per heavy atom. The van der Waals surface area contributed by atoms with Crippen molar-refractivity contribution in [3.8, 4) is 0 Å². The molecule has 0 aromatic rings. The number of rotatable bonds is 40. The first-order chi connectivity index (χ1) is 28.0. The van der Waals surface area contributed by atoms with Gasteiger partial charge in [0.25, 0.3) is 0 Å². The van der Waals surface area contributed by atoms with Crippen LogP contribution in [0.2, 0.25) is 0 Å². The fourth-order valence-corrected chi connectivity index (χ4v) is 6.04. The van der Waals surface area contributed by atoms with Crippen LogP contribution in [-0.2, 0) is 28.6 Å². The molecule has 0 saturated heterocycles. The minimum atomic E-state index is -0.795. The van der Waals surface area contributed by atoms with Crippen molar-refractivity contribution in [2.75, 3.05) is 13.2 Å². The maximum absolute atomic E-state index is 12.7. The molecule has 6 heteroatoms. The van der Waals surface area contributed by atoms with Crippen molar-refractivity contribution < 1.29 is 28.6 Å². The molecule has 0 aromatic carbocycles. The SMILES string of the molecule is CC\C=C/C=C\C=C/C=C\C=C\C=C/CCCCCC(=O)OCC(COC(=O)CCCCCCCCCCCCC)OC(=O)CCCCCCC/C=C\CCCC. The van der Waals surface area contributed by atoms with Crippen LogP contribution in [0.25, 0.3) is 0 Å². The largest absolute Gasteiger partial charge is 0.462 e. The second-order valence-corrected chi connectivity index (χ2v) is 15.1. The molecule has 0 bridgehead atoms. The average molecular weight is 793 g/mol. The minimum Gasteiger partial charge on any atom is -0.462 e. The third-order valence-electron chi connectivity index (χ3n) is 9.55. The van der Waals surface area contributed by atoms with Crippen molar-refractivity contribution >= 4 is 17.9 Å². The van der Waals surface area contributed by atoms with Crippen LogP contribution in [0.1, 0.15) is 201 Å². The average Bonchev–Trinajstić information content (AvgIpc) is 3.21. The minimum absolute atomic E-state index is 0.0940. The van der Waals surface area contributed by atoms with E-state index in [2.05, 4.69) is 45.1 Å². The zero-order valence-electron chi connectivity index (χ0n) is 36.8. The number of unbranched alkanes of at least 4 members (excludes halogenated alkanes) is 20. The quantitative estimate of drug-likeness (QED) is 0.0202. The molecule has 1 atom stereocenters. The summed E-state index contributed by atoms with van der Waals surface area (Å²) in [4.78, 5) is 37.7. The van der Waals surface area contributed by atoms with Gasteiger partial charge in [-0.3, -0.25) is 14.4 Å². The number of carbonyl (C=O) groups excluding carboxylic acids is 3. The van der Waals surface area contributed by atoms with Gasteiger partial charge in [-0.1, -0.05) is 209 Å². The summed E-state index contributed by atoms with van der Waals surface area (Å²) >= 11 is 0. The van der Waals surface area contributed by atoms with Gasteiger partial charge in [0.15, 0.2) is 6.10 Å². The number of esters is 3. The monoisotopic (exact) mass is 793 g/mol. The van der Waals surface area contributed by atoms with E-state index in [-0.39, 0.29) is 31.1 Å². The predicted octanol–water partition coefficient (Wildman–Crippen LogP) is 14.9. The summed E-state index contributed by atoms with van der Waals surface area (Å²) in [5, 5.41) is 0. The molecular formula is C51H84O6. The maximum atomic E-state index is 12.7. The Kier molecular flexibility index (Phi) is 42.6. The first-order valence-electron chi connectivity index (χ1n) is 23.2. The van der Waals surface area contributed by atoms with Gasteiger partial charge in [0, 0.05) is 19.3 Å². The van der Waals surface area contributed by atoms with Gasteiger partial charge >= 0.3 is 17.9 Å². The molecule has 0 N–H and O–H groups in total. The fourth-order valence-electron chi connectivity index (χ4n) is 6.04. The lowest BCUT2D eigenvalue weighted by Gasteiger charge is -2.18. The maximum Gasteiger partial charge on any atom is 0.306 e. The summed E-state index contributed by atoms with van der Waals surface area (Å²) in [6.07, 6.45) is 57.0. The normalized spacial score (nSPS) is 12.8. The molecule has 0 aliphatic heterocycles. The summed E-state index contributed by atoms with van der Waals surface area (Å²) in [7, 11) is 0. The molecule has 324 valence electrons. The van der Waals surface area contributed by atoms with Crippen molar-refractivity contribution in [1.29, 1.82) is 0 Å². The molecular weight excluding hydrogens is 709 g/mol. The highest BCUT2D eigenvalue weighted by Crippen LogP contribution is 2.14. The molecule has 0 heterocycles. The molecule has 0 fully saturated rings. The van der Waals surface area contributed by atoms with Gasteiger partial charge in [0.1, 0.15) is 13.2 Å². The number of carbonyl (C=O) groups is 3. The van der Waals surface area contributed by atoms with Crippen molar-refractivity contribution in [2.24, 2.45) is 0 Å². The van der Waals surface area contributed by atoms with Gasteiger partial charge in [-0.05, 0) is 57.8 Å². The molecule has 0 radical (unpaired) electrons. The Morgan fingerprint density at radius 1 is 0.368 bits per heavy atom. The van der Waals surface area contributed by atoms with Crippen LogP contribution in [0.3, 0.4) is 0 Å². The molecule has 57 heavy (non-hydrogen) atoms. The second-order valence-electron chi connectivity index (χ2n) is 15.1. The van der Waals surface area contributed by atoms with Gasteiger partial charge in [0.2, 0.25) is 0 Å². The Morgan fingerprint density at radius 2 is 0.719 bits per heavy atom. The number of ether oxygens (including phenoxy) is 3. The van der Waals surface area contributed by atoms with Gasteiger partial charge < -0.3 is 14.2 Å². The summed E-state index contributed by atoms with van der Waals surface area (Å²) in [5.41, 5.74) is 0. The first kappa shape index (κ1) is 53.6. The number of allylic oxidation sites excluding steroid dienone is 14. The molecule has 1 unspecified atom stereocenters. The molecule has 0 spiro atoms. The third kappa shape index (κ3) is 43.6. The van der Waals surface area contributed by atoms with Gasteiger partial charge in [-0.15, -0.1) is 0 Å². The summed E-state index contributed by atoms with van der Waals surface area (Å²) in [6, 6.07) is 0. The highest BCUT2D eigenvalue weighted by Gasteiger charge is 2.19. The Labute approximate surface area is 350 Å². The molecule has 0 aromatic heterocycles. The first-order valence-corrected chi connectivity index (χ1v) is 23.2. The Hall–Kier alpha value is -3.41. The second kappa shape index (κ2) is 45.3. The summed E-state index contributed by atoms with van der Waals surface area (Å²) in [5.74, 6) is -0.956. The van der Waals surface area contributed by atoms with E-state index in [0.29, 0.717) is 19.3 Å². The van der Waals surface area contributed by atoms with Crippen molar-refractivity contribution in [1.82, 2.24) is 0 Å². The standard InChI is InChI=1S/C51H84O6/c1-4-7-10-13-16-19-22-23-24-25-26-27-30-32-35-38-41-44-50(53)56-47-48(57-51(54)45-42-39-36-33-29-21-18-15-12-9-6-3)46-55-49(52)43-40-37-34-31-28-20-17-14-11-8-5-2/h7,10,13,15-16,18-19,22-27,30,48H,4-6,8-9,11-12,14,17,20-21,28-29,31-47H2,1-3H3/b10-7-,16-13-,18-15-,22-19-,24-23-,26-25+,30-27-. The topological polar surface area (TPSA) is 78.9 Å². The number of hydrogen-bond acceptors (Lipinski definition) is 6. The number of hydrogen-bond donors (Lipinski definition) is 0.